The largest absolute Gasteiger partial charge is 0.480 e. The molecule has 0 unspecified atom stereocenters. The van der Waals surface area contributed by atoms with Crippen molar-refractivity contribution in [3.05, 3.63) is 75.6 Å². The average molecular weight is 501 g/mol. The predicted octanol–water partition coefficient (Wildman–Crippen LogP) is 1.20. The molecule has 4 rings (SSSR count). The fourth-order valence-electron chi connectivity index (χ4n) is 3.85. The predicted molar refractivity (Wildman–Crippen MR) is 135 cm³/mol. The summed E-state index contributed by atoms with van der Waals surface area (Å²) in [5.74, 6) is 1.86. The molecule has 37 heavy (non-hydrogen) atoms. The SMILES string of the molecule is C#CCN(Cc1ccc2nc(C)[nH]c(=O)c2c1)c1ccc(C(=O)N[C@@H](CCc2nn[nH]n2)C(=O)O)cc1. The van der Waals surface area contributed by atoms with Crippen LogP contribution in [0.25, 0.3) is 10.9 Å². The van der Waals surface area contributed by atoms with Crippen molar-refractivity contribution < 1.29 is 14.7 Å². The molecular weight excluding hydrogens is 476 g/mol. The minimum atomic E-state index is -1.16. The van der Waals surface area contributed by atoms with Gasteiger partial charge in [0.2, 0.25) is 0 Å². The Morgan fingerprint density at radius 3 is 2.68 bits per heavy atom. The van der Waals surface area contributed by atoms with E-state index in [1.165, 1.54) is 0 Å². The average Bonchev–Trinajstić information content (AvgIpc) is 3.40. The van der Waals surface area contributed by atoms with Crippen LogP contribution >= 0.6 is 0 Å². The molecule has 1 amide bonds. The van der Waals surface area contributed by atoms with E-state index in [-0.39, 0.29) is 18.4 Å². The summed E-state index contributed by atoms with van der Waals surface area (Å²) in [6, 6.07) is 11.0. The van der Waals surface area contributed by atoms with Gasteiger partial charge in [0.15, 0.2) is 5.82 Å². The molecule has 0 aliphatic carbocycles. The van der Waals surface area contributed by atoms with Gasteiger partial charge in [-0.25, -0.2) is 9.78 Å². The highest BCUT2D eigenvalue weighted by Gasteiger charge is 2.21. The number of anilines is 1. The van der Waals surface area contributed by atoms with E-state index < -0.39 is 17.9 Å². The van der Waals surface area contributed by atoms with Gasteiger partial charge in [0.25, 0.3) is 11.5 Å². The van der Waals surface area contributed by atoms with E-state index in [4.69, 9.17) is 6.42 Å². The summed E-state index contributed by atoms with van der Waals surface area (Å²) in [5, 5.41) is 25.8. The molecular formula is C25H24N8O4. The Kier molecular flexibility index (Phi) is 7.53. The van der Waals surface area contributed by atoms with Crippen molar-refractivity contribution in [1.82, 2.24) is 35.9 Å². The van der Waals surface area contributed by atoms with E-state index in [1.807, 2.05) is 11.0 Å². The number of aryl methyl sites for hydroxylation is 2. The molecule has 12 heteroatoms. The van der Waals surface area contributed by atoms with Gasteiger partial charge in [-0.15, -0.1) is 16.6 Å². The first-order valence-corrected chi connectivity index (χ1v) is 11.4. The maximum Gasteiger partial charge on any atom is 0.326 e. The van der Waals surface area contributed by atoms with Crippen LogP contribution in [0.4, 0.5) is 5.69 Å². The lowest BCUT2D eigenvalue weighted by atomic mass is 10.1. The molecule has 2 heterocycles. The number of aromatic amines is 2. The lowest BCUT2D eigenvalue weighted by molar-refractivity contribution is -0.139. The second-order valence-electron chi connectivity index (χ2n) is 8.34. The number of amides is 1. The summed E-state index contributed by atoms with van der Waals surface area (Å²) in [6.45, 7) is 2.45. The Labute approximate surface area is 211 Å². The Balaban J connectivity index is 1.46. The van der Waals surface area contributed by atoms with E-state index in [9.17, 15) is 19.5 Å². The molecule has 4 aromatic rings. The van der Waals surface area contributed by atoms with Crippen molar-refractivity contribution in [3.8, 4) is 12.3 Å². The lowest BCUT2D eigenvalue weighted by Crippen LogP contribution is -2.41. The first-order valence-electron chi connectivity index (χ1n) is 11.4. The molecule has 0 radical (unpaired) electrons. The Bertz CT molecular complexity index is 1510. The van der Waals surface area contributed by atoms with Gasteiger partial charge in [-0.1, -0.05) is 17.2 Å². The smallest absolute Gasteiger partial charge is 0.326 e. The zero-order chi connectivity index (χ0) is 26.4. The number of terminal acetylenes is 1. The first kappa shape index (κ1) is 25.1. The van der Waals surface area contributed by atoms with E-state index in [2.05, 4.69) is 41.8 Å². The van der Waals surface area contributed by atoms with Gasteiger partial charge in [0, 0.05) is 24.2 Å². The zero-order valence-electron chi connectivity index (χ0n) is 19.9. The van der Waals surface area contributed by atoms with Gasteiger partial charge in [-0.2, -0.15) is 5.21 Å². The zero-order valence-corrected chi connectivity index (χ0v) is 19.9. The van der Waals surface area contributed by atoms with Crippen LogP contribution < -0.4 is 15.8 Å². The molecule has 0 saturated heterocycles. The van der Waals surface area contributed by atoms with Crippen LogP contribution in [0.3, 0.4) is 0 Å². The highest BCUT2D eigenvalue weighted by Crippen LogP contribution is 2.20. The summed E-state index contributed by atoms with van der Waals surface area (Å²) >= 11 is 0. The molecule has 12 nitrogen and oxygen atoms in total. The number of hydrogen-bond donors (Lipinski definition) is 4. The van der Waals surface area contributed by atoms with E-state index in [1.54, 1.807) is 43.3 Å². The topological polar surface area (TPSA) is 170 Å². The highest BCUT2D eigenvalue weighted by molar-refractivity contribution is 5.96. The maximum absolute atomic E-state index is 12.7. The third kappa shape index (κ3) is 6.15. The monoisotopic (exact) mass is 500 g/mol. The fourth-order valence-corrected chi connectivity index (χ4v) is 3.85. The number of H-pyrrole nitrogens is 2. The van der Waals surface area contributed by atoms with Crippen LogP contribution in [0.15, 0.2) is 47.3 Å². The molecule has 0 fully saturated rings. The van der Waals surface area contributed by atoms with E-state index in [0.29, 0.717) is 41.2 Å². The van der Waals surface area contributed by atoms with Crippen molar-refractivity contribution in [3.63, 3.8) is 0 Å². The van der Waals surface area contributed by atoms with Crippen molar-refractivity contribution in [1.29, 1.82) is 0 Å². The highest BCUT2D eigenvalue weighted by atomic mass is 16.4. The number of aromatic nitrogens is 6. The summed E-state index contributed by atoms with van der Waals surface area (Å²) in [5.41, 5.74) is 2.33. The van der Waals surface area contributed by atoms with Crippen molar-refractivity contribution in [2.45, 2.75) is 32.4 Å². The molecule has 0 aliphatic heterocycles. The van der Waals surface area contributed by atoms with E-state index in [0.717, 1.165) is 11.3 Å². The number of carboxylic acid groups (broad SMARTS) is 1. The van der Waals surface area contributed by atoms with Gasteiger partial charge in [0.1, 0.15) is 11.9 Å². The number of rotatable bonds is 10. The van der Waals surface area contributed by atoms with Gasteiger partial charge in [-0.3, -0.25) is 9.59 Å². The molecule has 1 atom stereocenters. The van der Waals surface area contributed by atoms with Gasteiger partial charge >= 0.3 is 5.97 Å². The molecule has 188 valence electrons. The third-order valence-electron chi connectivity index (χ3n) is 5.69. The molecule has 2 aromatic carbocycles. The molecule has 0 saturated carbocycles. The summed E-state index contributed by atoms with van der Waals surface area (Å²) in [4.78, 5) is 45.6. The van der Waals surface area contributed by atoms with E-state index >= 15 is 0 Å². The summed E-state index contributed by atoms with van der Waals surface area (Å²) in [6.07, 6.45) is 5.93. The number of carbonyl (C=O) groups excluding carboxylic acids is 1. The lowest BCUT2D eigenvalue weighted by Gasteiger charge is -2.23. The van der Waals surface area contributed by atoms with Crippen LogP contribution in [0.5, 0.6) is 0 Å². The molecule has 2 aromatic heterocycles. The Morgan fingerprint density at radius 2 is 2.00 bits per heavy atom. The summed E-state index contributed by atoms with van der Waals surface area (Å²) in [7, 11) is 0. The van der Waals surface area contributed by atoms with Gasteiger partial charge in [0.05, 0.1) is 17.4 Å². The van der Waals surface area contributed by atoms with Crippen LogP contribution in [-0.4, -0.2) is 60.2 Å². The number of hydrogen-bond acceptors (Lipinski definition) is 8. The van der Waals surface area contributed by atoms with Crippen LogP contribution in [0.1, 0.15) is 34.0 Å². The molecule has 0 spiro atoms. The number of carboxylic acids is 1. The molecule has 4 N–H and O–H groups in total. The normalized spacial score (nSPS) is 11.6. The first-order chi connectivity index (χ1) is 17.8. The van der Waals surface area contributed by atoms with Crippen molar-refractivity contribution in [2.24, 2.45) is 0 Å². The number of tetrazole rings is 1. The second kappa shape index (κ2) is 11.1. The van der Waals surface area contributed by atoms with Gasteiger partial charge < -0.3 is 20.3 Å². The van der Waals surface area contributed by atoms with Crippen molar-refractivity contribution >= 4 is 28.5 Å². The van der Waals surface area contributed by atoms with Crippen molar-refractivity contribution in [2.75, 3.05) is 11.4 Å². The minimum Gasteiger partial charge on any atom is -0.480 e. The fraction of sp³-hybridized carbons (Fsp3) is 0.240. The number of fused-ring (bicyclic) bond motifs is 1. The number of nitrogens with zero attached hydrogens (tertiary/aromatic N) is 5. The van der Waals surface area contributed by atoms with Crippen LogP contribution in [0.2, 0.25) is 0 Å². The number of benzene rings is 2. The van der Waals surface area contributed by atoms with Crippen LogP contribution in [-0.2, 0) is 17.8 Å². The number of carbonyl (C=O) groups is 2. The third-order valence-corrected chi connectivity index (χ3v) is 5.69. The Hall–Kier alpha value is -5.05. The minimum absolute atomic E-state index is 0.109. The summed E-state index contributed by atoms with van der Waals surface area (Å²) < 4.78 is 0. The number of nitrogens with one attached hydrogen (secondary N) is 3. The van der Waals surface area contributed by atoms with Gasteiger partial charge in [-0.05, 0) is 55.3 Å². The molecule has 0 bridgehead atoms. The van der Waals surface area contributed by atoms with Crippen LogP contribution in [0, 0.1) is 19.3 Å². The Morgan fingerprint density at radius 1 is 1.22 bits per heavy atom. The maximum atomic E-state index is 12.7. The molecule has 0 aliphatic rings. The standard InChI is InChI=1S/C25H24N8O4/c1-3-12-33(14-16-4-9-20-19(13-16)24(35)27-15(2)26-20)18-7-5-17(6-8-18)23(34)28-21(25(36)37)10-11-22-29-31-32-30-22/h1,4-9,13,21H,10-12,14H2,2H3,(H,28,34)(H,36,37)(H,26,27,35)(H,29,30,31,32)/t21-/m0/s1. The second-order valence-corrected chi connectivity index (χ2v) is 8.34. The quantitative estimate of drug-likeness (QED) is 0.234. The number of aliphatic carboxylic acids is 1.